The third-order valence-corrected chi connectivity index (χ3v) is 3.52. The van der Waals surface area contributed by atoms with Crippen LogP contribution in [0.15, 0.2) is 73.3 Å². The molecule has 3 nitrogen and oxygen atoms in total. The van der Waals surface area contributed by atoms with Crippen molar-refractivity contribution in [2.24, 2.45) is 0 Å². The lowest BCUT2D eigenvalue weighted by Crippen LogP contribution is -2.26. The van der Waals surface area contributed by atoms with Gasteiger partial charge in [0, 0.05) is 7.11 Å². The summed E-state index contributed by atoms with van der Waals surface area (Å²) in [7, 11) is 1.65. The molecule has 2 rings (SSSR count). The highest BCUT2D eigenvalue weighted by Gasteiger charge is 2.07. The van der Waals surface area contributed by atoms with Crippen LogP contribution in [0.3, 0.4) is 0 Å². The van der Waals surface area contributed by atoms with E-state index >= 15 is 0 Å². The molecule has 0 aliphatic rings. The first-order valence-corrected chi connectivity index (χ1v) is 8.61. The number of hydrogen-bond acceptors (Lipinski definition) is 3. The third-order valence-electron chi connectivity index (χ3n) is 3.52. The van der Waals surface area contributed by atoms with Gasteiger partial charge in [-0.15, -0.1) is 6.58 Å². The predicted molar refractivity (Wildman–Crippen MR) is 104 cm³/mol. The second kappa shape index (κ2) is 13.2. The van der Waals surface area contributed by atoms with Crippen LogP contribution >= 0.6 is 0 Å². The van der Waals surface area contributed by atoms with Crippen LogP contribution in [-0.2, 0) is 9.47 Å². The van der Waals surface area contributed by atoms with Gasteiger partial charge in [0.15, 0.2) is 0 Å². The van der Waals surface area contributed by atoms with Crippen molar-refractivity contribution in [3.8, 4) is 5.75 Å². The zero-order chi connectivity index (χ0) is 18.3. The summed E-state index contributed by atoms with van der Waals surface area (Å²) in [5, 5.41) is 0. The largest absolute Gasteiger partial charge is 0.491 e. The monoisotopic (exact) mass is 342 g/mol. The van der Waals surface area contributed by atoms with E-state index in [-0.39, 0.29) is 6.10 Å². The third kappa shape index (κ3) is 9.70. The van der Waals surface area contributed by atoms with E-state index in [9.17, 15) is 0 Å². The summed E-state index contributed by atoms with van der Waals surface area (Å²) in [6, 6.07) is 20.2. The lowest BCUT2D eigenvalue weighted by Gasteiger charge is -2.15. The van der Waals surface area contributed by atoms with Crippen molar-refractivity contribution in [2.75, 3.05) is 26.9 Å². The summed E-state index contributed by atoms with van der Waals surface area (Å²) in [5.41, 5.74) is 1.41. The zero-order valence-electron chi connectivity index (χ0n) is 15.6. The van der Waals surface area contributed by atoms with Crippen LogP contribution < -0.4 is 4.74 Å². The maximum atomic E-state index is 5.56. The molecule has 0 bridgehead atoms. The second-order valence-corrected chi connectivity index (χ2v) is 5.87. The van der Waals surface area contributed by atoms with E-state index in [1.54, 1.807) is 13.2 Å². The molecule has 0 aliphatic heterocycles. The average molecular weight is 342 g/mol. The van der Waals surface area contributed by atoms with Gasteiger partial charge in [0.25, 0.3) is 0 Å². The molecule has 0 amide bonds. The van der Waals surface area contributed by atoms with E-state index in [0.29, 0.717) is 25.7 Å². The van der Waals surface area contributed by atoms with Crippen molar-refractivity contribution in [3.05, 3.63) is 78.9 Å². The molecule has 0 heterocycles. The van der Waals surface area contributed by atoms with Crippen molar-refractivity contribution in [1.82, 2.24) is 0 Å². The molecule has 0 spiro atoms. The summed E-state index contributed by atoms with van der Waals surface area (Å²) >= 11 is 0. The standard InChI is InChI=1S/C13H18O3.C9H12/c1-3-9-15-10-13(14-2)11-16-12-7-5-4-6-8-12;1-8(2)9-6-4-3-5-7-9/h3-8,13H,1,9-11H2,2H3;3-8H,1-2H3. The Kier molecular flexibility index (Phi) is 11.1. The summed E-state index contributed by atoms with van der Waals surface area (Å²) in [6.07, 6.45) is 1.66. The summed E-state index contributed by atoms with van der Waals surface area (Å²) in [6.45, 7) is 9.51. The molecular formula is C22H30O3. The van der Waals surface area contributed by atoms with Crippen LogP contribution in [0.5, 0.6) is 5.75 Å². The maximum Gasteiger partial charge on any atom is 0.119 e. The quantitative estimate of drug-likeness (QED) is 0.469. The van der Waals surface area contributed by atoms with Crippen LogP contribution in [0, 0.1) is 0 Å². The number of hydrogen-bond donors (Lipinski definition) is 0. The van der Waals surface area contributed by atoms with Crippen molar-refractivity contribution in [1.29, 1.82) is 0 Å². The van der Waals surface area contributed by atoms with Gasteiger partial charge in [-0.25, -0.2) is 0 Å². The second-order valence-electron chi connectivity index (χ2n) is 5.87. The van der Waals surface area contributed by atoms with Crippen LogP contribution in [0.4, 0.5) is 0 Å². The Balaban J connectivity index is 0.000000293. The maximum absolute atomic E-state index is 5.56. The van der Waals surface area contributed by atoms with Gasteiger partial charge >= 0.3 is 0 Å². The van der Waals surface area contributed by atoms with E-state index < -0.39 is 0 Å². The van der Waals surface area contributed by atoms with Crippen molar-refractivity contribution >= 4 is 0 Å². The molecule has 0 aliphatic carbocycles. The van der Waals surface area contributed by atoms with Crippen molar-refractivity contribution in [2.45, 2.75) is 25.9 Å². The van der Waals surface area contributed by atoms with Gasteiger partial charge in [-0.05, 0) is 23.6 Å². The molecule has 0 saturated heterocycles. The first kappa shape index (κ1) is 20.9. The van der Waals surface area contributed by atoms with Gasteiger partial charge in [0.2, 0.25) is 0 Å². The number of methoxy groups -OCH3 is 1. The van der Waals surface area contributed by atoms with Gasteiger partial charge in [-0.3, -0.25) is 0 Å². The van der Waals surface area contributed by atoms with Gasteiger partial charge in [0.1, 0.15) is 18.5 Å². The molecule has 0 aromatic heterocycles. The minimum Gasteiger partial charge on any atom is -0.491 e. The Bertz CT molecular complexity index is 552. The Hall–Kier alpha value is -2.10. The molecule has 0 saturated carbocycles. The van der Waals surface area contributed by atoms with Gasteiger partial charge in [0.05, 0.1) is 13.2 Å². The van der Waals surface area contributed by atoms with Gasteiger partial charge in [-0.2, -0.15) is 0 Å². The number of ether oxygens (including phenoxy) is 3. The van der Waals surface area contributed by atoms with Crippen LogP contribution in [-0.4, -0.2) is 33.0 Å². The first-order chi connectivity index (χ1) is 12.2. The highest BCUT2D eigenvalue weighted by molar-refractivity contribution is 5.21. The first-order valence-electron chi connectivity index (χ1n) is 8.61. The predicted octanol–water partition coefficient (Wildman–Crippen LogP) is 5.09. The lowest BCUT2D eigenvalue weighted by atomic mass is 10.0. The molecule has 136 valence electrons. The Morgan fingerprint density at radius 1 is 0.920 bits per heavy atom. The van der Waals surface area contributed by atoms with Crippen LogP contribution in [0.1, 0.15) is 25.3 Å². The van der Waals surface area contributed by atoms with Crippen LogP contribution in [0.2, 0.25) is 0 Å². The Morgan fingerprint density at radius 3 is 2.00 bits per heavy atom. The van der Waals surface area contributed by atoms with E-state index in [0.717, 1.165) is 5.75 Å². The molecular weight excluding hydrogens is 312 g/mol. The minimum absolute atomic E-state index is 0.0554. The fraction of sp³-hybridized carbons (Fsp3) is 0.364. The van der Waals surface area contributed by atoms with E-state index in [1.807, 2.05) is 36.4 Å². The Morgan fingerprint density at radius 2 is 1.52 bits per heavy atom. The lowest BCUT2D eigenvalue weighted by molar-refractivity contribution is -0.00747. The minimum atomic E-state index is -0.0554. The number of rotatable bonds is 9. The van der Waals surface area contributed by atoms with Gasteiger partial charge < -0.3 is 14.2 Å². The molecule has 2 aromatic rings. The molecule has 2 aromatic carbocycles. The van der Waals surface area contributed by atoms with E-state index in [1.165, 1.54) is 5.56 Å². The molecule has 0 N–H and O–H groups in total. The summed E-state index contributed by atoms with van der Waals surface area (Å²) < 4.78 is 16.1. The smallest absolute Gasteiger partial charge is 0.119 e. The molecule has 3 heteroatoms. The molecule has 25 heavy (non-hydrogen) atoms. The van der Waals surface area contributed by atoms with Crippen molar-refractivity contribution in [3.63, 3.8) is 0 Å². The molecule has 1 atom stereocenters. The average Bonchev–Trinajstić information content (AvgIpc) is 2.66. The fourth-order valence-electron chi connectivity index (χ4n) is 2.01. The van der Waals surface area contributed by atoms with E-state index in [4.69, 9.17) is 14.2 Å². The Labute approximate surface area is 152 Å². The number of benzene rings is 2. The SMILES string of the molecule is C=CCOCC(COc1ccccc1)OC.CC(C)c1ccccc1. The molecule has 0 fully saturated rings. The highest BCUT2D eigenvalue weighted by atomic mass is 16.6. The fourth-order valence-corrected chi connectivity index (χ4v) is 2.01. The topological polar surface area (TPSA) is 27.7 Å². The summed E-state index contributed by atoms with van der Waals surface area (Å²) in [4.78, 5) is 0. The highest BCUT2D eigenvalue weighted by Crippen LogP contribution is 2.11. The van der Waals surface area contributed by atoms with Crippen molar-refractivity contribution < 1.29 is 14.2 Å². The van der Waals surface area contributed by atoms with Gasteiger partial charge in [-0.1, -0.05) is 68.5 Å². The molecule has 0 radical (unpaired) electrons. The van der Waals surface area contributed by atoms with E-state index in [2.05, 4.69) is 44.7 Å². The zero-order valence-corrected chi connectivity index (χ0v) is 15.6. The van der Waals surface area contributed by atoms with Crippen LogP contribution in [0.25, 0.3) is 0 Å². The number of para-hydroxylation sites is 1. The summed E-state index contributed by atoms with van der Waals surface area (Å²) in [5.74, 6) is 1.50. The molecule has 1 unspecified atom stereocenters. The normalized spacial score (nSPS) is 11.4.